The summed E-state index contributed by atoms with van der Waals surface area (Å²) < 4.78 is 7.60. The summed E-state index contributed by atoms with van der Waals surface area (Å²) in [6, 6.07) is 2.10. The van der Waals surface area contributed by atoms with E-state index in [1.807, 2.05) is 16.4 Å². The van der Waals surface area contributed by atoms with Crippen molar-refractivity contribution < 1.29 is 9.84 Å². The summed E-state index contributed by atoms with van der Waals surface area (Å²) in [4.78, 5) is 0. The standard InChI is InChI=1S/C13H22N2O2S/c1-3-10-7-11(15(4-2)14-10)8-12(16)13-9-18-6-5-17-13/h7,12-13,16H,3-6,8-9H2,1-2H3. The van der Waals surface area contributed by atoms with Crippen molar-refractivity contribution in [3.63, 3.8) is 0 Å². The fourth-order valence-corrected chi connectivity index (χ4v) is 3.13. The van der Waals surface area contributed by atoms with Crippen molar-refractivity contribution in [1.82, 2.24) is 9.78 Å². The second-order valence-corrected chi connectivity index (χ2v) is 5.70. The highest BCUT2D eigenvalue weighted by Gasteiger charge is 2.24. The van der Waals surface area contributed by atoms with Crippen LogP contribution in [0.25, 0.3) is 0 Å². The number of aliphatic hydroxyl groups excluding tert-OH is 1. The van der Waals surface area contributed by atoms with Crippen molar-refractivity contribution in [2.45, 2.75) is 45.4 Å². The number of ether oxygens (including phenoxy) is 1. The largest absolute Gasteiger partial charge is 0.390 e. The van der Waals surface area contributed by atoms with Gasteiger partial charge in [0.25, 0.3) is 0 Å². The summed E-state index contributed by atoms with van der Waals surface area (Å²) >= 11 is 1.85. The maximum Gasteiger partial charge on any atom is 0.0928 e. The molecule has 2 unspecified atom stereocenters. The number of hydrogen-bond acceptors (Lipinski definition) is 4. The van der Waals surface area contributed by atoms with Gasteiger partial charge in [-0.15, -0.1) is 0 Å². The molecule has 0 radical (unpaired) electrons. The second-order valence-electron chi connectivity index (χ2n) is 4.55. The van der Waals surface area contributed by atoms with Crippen LogP contribution in [0.2, 0.25) is 0 Å². The maximum absolute atomic E-state index is 10.2. The third-order valence-corrected chi connectivity index (χ3v) is 4.28. The summed E-state index contributed by atoms with van der Waals surface area (Å²) in [5.74, 6) is 1.93. The van der Waals surface area contributed by atoms with Gasteiger partial charge in [0.2, 0.25) is 0 Å². The Balaban J connectivity index is 2.00. The van der Waals surface area contributed by atoms with Crippen LogP contribution in [-0.2, 0) is 24.1 Å². The molecule has 102 valence electrons. The van der Waals surface area contributed by atoms with E-state index in [1.165, 1.54) is 0 Å². The molecule has 1 fully saturated rings. The van der Waals surface area contributed by atoms with Crippen molar-refractivity contribution in [2.75, 3.05) is 18.1 Å². The molecule has 0 spiro atoms. The SMILES string of the molecule is CCc1cc(CC(O)C2CSCCO2)n(CC)n1. The van der Waals surface area contributed by atoms with Gasteiger partial charge in [0.15, 0.2) is 0 Å². The Morgan fingerprint density at radius 1 is 1.61 bits per heavy atom. The molecule has 0 aromatic carbocycles. The van der Waals surface area contributed by atoms with E-state index in [2.05, 4.69) is 25.0 Å². The molecule has 1 aromatic rings. The third kappa shape index (κ3) is 3.28. The van der Waals surface area contributed by atoms with Crippen LogP contribution < -0.4 is 0 Å². The quantitative estimate of drug-likeness (QED) is 0.881. The fraction of sp³-hybridized carbons (Fsp3) is 0.769. The first kappa shape index (κ1) is 13.9. The van der Waals surface area contributed by atoms with Crippen molar-refractivity contribution >= 4 is 11.8 Å². The number of aliphatic hydroxyl groups is 1. The fourth-order valence-electron chi connectivity index (χ4n) is 2.20. The van der Waals surface area contributed by atoms with Crippen molar-refractivity contribution in [2.24, 2.45) is 0 Å². The van der Waals surface area contributed by atoms with Gasteiger partial charge in [0.05, 0.1) is 24.5 Å². The molecule has 18 heavy (non-hydrogen) atoms. The monoisotopic (exact) mass is 270 g/mol. The lowest BCUT2D eigenvalue weighted by molar-refractivity contribution is -0.0215. The molecule has 2 rings (SSSR count). The van der Waals surface area contributed by atoms with Crippen LogP contribution in [0.4, 0.5) is 0 Å². The van der Waals surface area contributed by atoms with E-state index in [9.17, 15) is 5.11 Å². The van der Waals surface area contributed by atoms with Gasteiger partial charge in [-0.3, -0.25) is 4.68 Å². The van der Waals surface area contributed by atoms with Crippen molar-refractivity contribution in [1.29, 1.82) is 0 Å². The predicted octanol–water partition coefficient (Wildman–Crippen LogP) is 1.50. The third-order valence-electron chi connectivity index (χ3n) is 3.26. The van der Waals surface area contributed by atoms with E-state index >= 15 is 0 Å². The van der Waals surface area contributed by atoms with Crippen LogP contribution in [0.15, 0.2) is 6.07 Å². The highest BCUT2D eigenvalue weighted by atomic mass is 32.2. The molecular weight excluding hydrogens is 248 g/mol. The zero-order chi connectivity index (χ0) is 13.0. The van der Waals surface area contributed by atoms with Gasteiger partial charge < -0.3 is 9.84 Å². The highest BCUT2D eigenvalue weighted by Crippen LogP contribution is 2.18. The van der Waals surface area contributed by atoms with Crippen LogP contribution in [0.5, 0.6) is 0 Å². The molecule has 0 saturated carbocycles. The Labute approximate surface area is 113 Å². The number of rotatable bonds is 5. The Kier molecular flexibility index (Phi) is 5.09. The Morgan fingerprint density at radius 3 is 3.06 bits per heavy atom. The normalized spacial score (nSPS) is 22.1. The highest BCUT2D eigenvalue weighted by molar-refractivity contribution is 7.99. The number of aryl methyl sites for hydroxylation is 2. The maximum atomic E-state index is 10.2. The predicted molar refractivity (Wildman–Crippen MR) is 74.1 cm³/mol. The minimum atomic E-state index is -0.426. The number of aromatic nitrogens is 2. The van der Waals surface area contributed by atoms with Gasteiger partial charge in [-0.05, 0) is 19.4 Å². The number of thioether (sulfide) groups is 1. The van der Waals surface area contributed by atoms with E-state index in [-0.39, 0.29) is 6.10 Å². The smallest absolute Gasteiger partial charge is 0.0928 e. The van der Waals surface area contributed by atoms with Crippen molar-refractivity contribution in [3.05, 3.63) is 17.5 Å². The lowest BCUT2D eigenvalue weighted by atomic mass is 10.1. The van der Waals surface area contributed by atoms with Gasteiger partial charge in [0.1, 0.15) is 0 Å². The summed E-state index contributed by atoms with van der Waals surface area (Å²) in [5, 5.41) is 14.8. The van der Waals surface area contributed by atoms with Gasteiger partial charge in [-0.2, -0.15) is 16.9 Å². The van der Waals surface area contributed by atoms with Crippen LogP contribution >= 0.6 is 11.8 Å². The van der Waals surface area contributed by atoms with Gasteiger partial charge in [-0.25, -0.2) is 0 Å². The average molecular weight is 270 g/mol. The second kappa shape index (κ2) is 6.59. The molecule has 1 saturated heterocycles. The number of hydrogen-bond donors (Lipinski definition) is 1. The molecule has 1 aliphatic heterocycles. The van der Waals surface area contributed by atoms with E-state index in [1.54, 1.807) is 0 Å². The van der Waals surface area contributed by atoms with Crippen LogP contribution in [0, 0.1) is 0 Å². The zero-order valence-corrected chi connectivity index (χ0v) is 11.9. The molecule has 0 amide bonds. The molecular formula is C13H22N2O2S. The molecule has 2 heterocycles. The molecule has 1 aromatic heterocycles. The molecule has 0 aliphatic carbocycles. The first-order chi connectivity index (χ1) is 8.74. The first-order valence-corrected chi connectivity index (χ1v) is 7.83. The molecule has 2 atom stereocenters. The Bertz CT molecular complexity index is 375. The van der Waals surface area contributed by atoms with Crippen LogP contribution in [0.1, 0.15) is 25.2 Å². The molecule has 0 bridgehead atoms. The summed E-state index contributed by atoms with van der Waals surface area (Å²) in [7, 11) is 0. The van der Waals surface area contributed by atoms with Crippen molar-refractivity contribution in [3.8, 4) is 0 Å². The minimum Gasteiger partial charge on any atom is -0.390 e. The lowest BCUT2D eigenvalue weighted by Crippen LogP contribution is -2.36. The van der Waals surface area contributed by atoms with Gasteiger partial charge >= 0.3 is 0 Å². The van der Waals surface area contributed by atoms with Gasteiger partial charge in [0, 0.05) is 30.2 Å². The zero-order valence-electron chi connectivity index (χ0n) is 11.1. The summed E-state index contributed by atoms with van der Waals surface area (Å²) in [5.41, 5.74) is 2.21. The van der Waals surface area contributed by atoms with E-state index in [0.717, 1.165) is 42.5 Å². The Hall–Kier alpha value is -0.520. The molecule has 1 aliphatic rings. The minimum absolute atomic E-state index is 0.0333. The summed E-state index contributed by atoms with van der Waals surface area (Å²) in [6.07, 6.45) is 1.11. The van der Waals surface area contributed by atoms with Gasteiger partial charge in [-0.1, -0.05) is 6.92 Å². The number of nitrogens with zero attached hydrogens (tertiary/aromatic N) is 2. The first-order valence-electron chi connectivity index (χ1n) is 6.67. The van der Waals surface area contributed by atoms with E-state index < -0.39 is 6.10 Å². The summed E-state index contributed by atoms with van der Waals surface area (Å²) in [6.45, 7) is 5.78. The lowest BCUT2D eigenvalue weighted by Gasteiger charge is -2.26. The van der Waals surface area contributed by atoms with E-state index in [4.69, 9.17) is 4.74 Å². The molecule has 1 N–H and O–H groups in total. The van der Waals surface area contributed by atoms with E-state index in [0.29, 0.717) is 6.42 Å². The molecule has 4 nitrogen and oxygen atoms in total. The molecule has 5 heteroatoms. The van der Waals surface area contributed by atoms with Crippen LogP contribution in [-0.4, -0.2) is 45.2 Å². The average Bonchev–Trinajstić information content (AvgIpc) is 2.82. The van der Waals surface area contributed by atoms with Crippen LogP contribution in [0.3, 0.4) is 0 Å². The Morgan fingerprint density at radius 2 is 2.44 bits per heavy atom. The topological polar surface area (TPSA) is 47.3 Å².